The van der Waals surface area contributed by atoms with Gasteiger partial charge in [-0.15, -0.1) is 0 Å². The highest BCUT2D eigenvalue weighted by Crippen LogP contribution is 2.60. The Labute approximate surface area is 216 Å². The third kappa shape index (κ3) is 3.50. The van der Waals surface area contributed by atoms with Crippen molar-refractivity contribution >= 4 is 28.6 Å². The number of para-hydroxylation sites is 1. The molecule has 4 saturated carbocycles. The molecule has 7 nitrogen and oxygen atoms in total. The Bertz CT molecular complexity index is 1400. The Hall–Kier alpha value is -3.61. The van der Waals surface area contributed by atoms with Crippen LogP contribution in [0.15, 0.2) is 48.5 Å². The van der Waals surface area contributed by atoms with E-state index in [1.807, 2.05) is 55.5 Å². The van der Waals surface area contributed by atoms with Crippen molar-refractivity contribution in [2.45, 2.75) is 51.5 Å². The van der Waals surface area contributed by atoms with Crippen molar-refractivity contribution in [1.82, 2.24) is 20.7 Å². The number of hydrogen-bond donors (Lipinski definition) is 3. The van der Waals surface area contributed by atoms with E-state index in [9.17, 15) is 14.4 Å². The number of fused-ring (bicyclic) bond motifs is 2. The maximum atomic E-state index is 13.5. The van der Waals surface area contributed by atoms with Crippen molar-refractivity contribution in [3.8, 4) is 0 Å². The normalized spacial score (nSPS) is 29.5. The number of aromatic nitrogens is 1. The van der Waals surface area contributed by atoms with Gasteiger partial charge in [0.1, 0.15) is 6.54 Å². The summed E-state index contributed by atoms with van der Waals surface area (Å²) < 4.78 is 0. The fourth-order valence-corrected chi connectivity index (χ4v) is 8.34. The number of amides is 3. The number of aryl methyl sites for hydroxylation is 1. The van der Waals surface area contributed by atoms with Gasteiger partial charge in [0.25, 0.3) is 11.8 Å². The minimum absolute atomic E-state index is 0.0555. The van der Waals surface area contributed by atoms with E-state index in [2.05, 4.69) is 15.8 Å². The molecule has 0 saturated heterocycles. The molecule has 0 spiro atoms. The van der Waals surface area contributed by atoms with Crippen LogP contribution in [0.25, 0.3) is 10.9 Å². The number of hydrazine groups is 1. The lowest BCUT2D eigenvalue weighted by atomic mass is 9.49. The fourth-order valence-electron chi connectivity index (χ4n) is 8.34. The first-order valence-corrected chi connectivity index (χ1v) is 13.5. The van der Waals surface area contributed by atoms with Crippen LogP contribution in [-0.4, -0.2) is 34.2 Å². The lowest BCUT2D eigenvalue weighted by molar-refractivity contribution is -0.149. The summed E-state index contributed by atoms with van der Waals surface area (Å²) in [5.41, 5.74) is 9.55. The van der Waals surface area contributed by atoms with E-state index in [-0.39, 0.29) is 35.7 Å². The van der Waals surface area contributed by atoms with Crippen LogP contribution in [0.3, 0.4) is 0 Å². The van der Waals surface area contributed by atoms with E-state index in [4.69, 9.17) is 0 Å². The van der Waals surface area contributed by atoms with Gasteiger partial charge in [0, 0.05) is 27.7 Å². The molecule has 1 aromatic heterocycles. The minimum Gasteiger partial charge on any atom is -0.358 e. The van der Waals surface area contributed by atoms with Crippen LogP contribution < -0.4 is 10.9 Å². The summed E-state index contributed by atoms with van der Waals surface area (Å²) in [5, 5.41) is 1.04. The summed E-state index contributed by atoms with van der Waals surface area (Å²) in [4.78, 5) is 45.0. The van der Waals surface area contributed by atoms with Gasteiger partial charge in [-0.05, 0) is 80.9 Å². The maximum Gasteiger partial charge on any atom is 0.258 e. The zero-order valence-electron chi connectivity index (χ0n) is 21.0. The number of benzene rings is 2. The third-order valence-electron chi connectivity index (χ3n) is 9.42. The Balaban J connectivity index is 1.12. The average Bonchev–Trinajstić information content (AvgIpc) is 3.34. The van der Waals surface area contributed by atoms with Crippen LogP contribution >= 0.6 is 0 Å². The molecule has 1 atom stereocenters. The van der Waals surface area contributed by atoms with Gasteiger partial charge in [0.2, 0.25) is 5.91 Å². The second kappa shape index (κ2) is 8.20. The van der Waals surface area contributed by atoms with E-state index in [0.29, 0.717) is 23.3 Å². The topological polar surface area (TPSA) is 94.3 Å². The number of nitrogens with zero attached hydrogens (tertiary/aromatic N) is 1. The second-order valence-electron chi connectivity index (χ2n) is 11.8. The molecule has 5 aliphatic rings. The standard InChI is InChI=1S/C30H32N4O3/c1-17-26(23-8-4-5-9-24(23)31-17)27-21-6-2-3-7-22(21)28(36)34(27)16-25(35)32-33-29(37)30-13-18-10-19(14-30)12-20(11-18)15-30/h2-9,18-20,27,31H,10-16H2,1H3,(H,32,35)(H,33,37). The number of aromatic amines is 1. The van der Waals surface area contributed by atoms with Crippen molar-refractivity contribution in [1.29, 1.82) is 0 Å². The molecule has 37 heavy (non-hydrogen) atoms. The van der Waals surface area contributed by atoms with Crippen LogP contribution in [0, 0.1) is 30.1 Å². The molecule has 3 N–H and O–H groups in total. The Morgan fingerprint density at radius 2 is 1.59 bits per heavy atom. The number of nitrogens with one attached hydrogen (secondary N) is 3. The molecule has 3 aromatic rings. The zero-order chi connectivity index (χ0) is 25.3. The van der Waals surface area contributed by atoms with Crippen LogP contribution in [0.1, 0.15) is 71.7 Å². The average molecular weight is 497 g/mol. The molecule has 4 bridgehead atoms. The predicted octanol–water partition coefficient (Wildman–Crippen LogP) is 4.39. The molecule has 1 unspecified atom stereocenters. The van der Waals surface area contributed by atoms with Crippen LogP contribution in [0.4, 0.5) is 0 Å². The molecule has 3 amide bonds. The van der Waals surface area contributed by atoms with E-state index in [1.54, 1.807) is 4.90 Å². The molecule has 0 radical (unpaired) electrons. The van der Waals surface area contributed by atoms with Crippen LogP contribution in [-0.2, 0) is 9.59 Å². The molecular formula is C30H32N4O3. The summed E-state index contributed by atoms with van der Waals surface area (Å²) in [6.45, 7) is 1.86. The van der Waals surface area contributed by atoms with E-state index in [1.165, 1.54) is 19.3 Å². The number of carbonyl (C=O) groups excluding carboxylic acids is 3. The summed E-state index contributed by atoms with van der Waals surface area (Å²) in [6, 6.07) is 15.2. The van der Waals surface area contributed by atoms with Gasteiger partial charge in [-0.1, -0.05) is 36.4 Å². The predicted molar refractivity (Wildman–Crippen MR) is 139 cm³/mol. The molecular weight excluding hydrogens is 464 g/mol. The largest absolute Gasteiger partial charge is 0.358 e. The lowest BCUT2D eigenvalue weighted by Crippen LogP contribution is -2.57. The van der Waals surface area contributed by atoms with Gasteiger partial charge >= 0.3 is 0 Å². The highest BCUT2D eigenvalue weighted by atomic mass is 16.2. The first-order chi connectivity index (χ1) is 17.9. The second-order valence-corrected chi connectivity index (χ2v) is 11.8. The Morgan fingerprint density at radius 3 is 2.32 bits per heavy atom. The van der Waals surface area contributed by atoms with Crippen molar-refractivity contribution in [3.05, 3.63) is 70.9 Å². The summed E-state index contributed by atoms with van der Waals surface area (Å²) in [7, 11) is 0. The van der Waals surface area contributed by atoms with Crippen molar-refractivity contribution in [3.63, 3.8) is 0 Å². The Morgan fingerprint density at radius 1 is 0.946 bits per heavy atom. The molecule has 190 valence electrons. The van der Waals surface area contributed by atoms with E-state index >= 15 is 0 Å². The molecule has 2 heterocycles. The first kappa shape index (κ1) is 22.6. The van der Waals surface area contributed by atoms with Gasteiger partial charge in [-0.25, -0.2) is 0 Å². The molecule has 8 rings (SSSR count). The van der Waals surface area contributed by atoms with Gasteiger partial charge in [0.15, 0.2) is 0 Å². The van der Waals surface area contributed by atoms with Crippen molar-refractivity contribution < 1.29 is 14.4 Å². The number of rotatable bonds is 4. The number of hydrogen-bond acceptors (Lipinski definition) is 3. The number of carbonyl (C=O) groups is 3. The highest BCUT2D eigenvalue weighted by molar-refractivity contribution is 6.03. The fraction of sp³-hybridized carbons (Fsp3) is 0.433. The zero-order valence-corrected chi connectivity index (χ0v) is 21.0. The SMILES string of the molecule is Cc1[nH]c2ccccc2c1C1c2ccccc2C(=O)N1CC(=O)NNC(=O)C12CC3CC(CC(C3)C1)C2. The highest BCUT2D eigenvalue weighted by Gasteiger charge is 2.54. The Kier molecular flexibility index (Phi) is 5.00. The van der Waals surface area contributed by atoms with Gasteiger partial charge in [0.05, 0.1) is 11.5 Å². The smallest absolute Gasteiger partial charge is 0.258 e. The van der Waals surface area contributed by atoms with Crippen molar-refractivity contribution in [2.75, 3.05) is 6.54 Å². The lowest BCUT2D eigenvalue weighted by Gasteiger charge is -2.55. The van der Waals surface area contributed by atoms with Crippen LogP contribution in [0.2, 0.25) is 0 Å². The third-order valence-corrected chi connectivity index (χ3v) is 9.42. The minimum atomic E-state index is -0.387. The van der Waals surface area contributed by atoms with Gasteiger partial charge in [-0.3, -0.25) is 25.2 Å². The first-order valence-electron chi connectivity index (χ1n) is 13.5. The monoisotopic (exact) mass is 496 g/mol. The molecule has 7 heteroatoms. The summed E-state index contributed by atoms with van der Waals surface area (Å²) >= 11 is 0. The van der Waals surface area contributed by atoms with Crippen LogP contribution in [0.5, 0.6) is 0 Å². The number of H-pyrrole nitrogens is 1. The van der Waals surface area contributed by atoms with Gasteiger partial charge < -0.3 is 9.88 Å². The molecule has 1 aliphatic heterocycles. The molecule has 4 aliphatic carbocycles. The maximum absolute atomic E-state index is 13.5. The quantitative estimate of drug-likeness (QED) is 0.468. The van der Waals surface area contributed by atoms with E-state index in [0.717, 1.165) is 47.0 Å². The summed E-state index contributed by atoms with van der Waals surface area (Å²) in [6.07, 6.45) is 6.56. The van der Waals surface area contributed by atoms with Crippen molar-refractivity contribution in [2.24, 2.45) is 23.2 Å². The molecule has 2 aromatic carbocycles. The summed E-state index contributed by atoms with van der Waals surface area (Å²) in [5.74, 6) is 1.32. The van der Waals surface area contributed by atoms with E-state index < -0.39 is 0 Å². The van der Waals surface area contributed by atoms with Gasteiger partial charge in [-0.2, -0.15) is 0 Å². The molecule has 4 fully saturated rings.